The summed E-state index contributed by atoms with van der Waals surface area (Å²) in [5.74, 6) is 1.53. The molecule has 31 heavy (non-hydrogen) atoms. The van der Waals surface area contributed by atoms with Crippen LogP contribution in [0.15, 0.2) is 36.4 Å². The van der Waals surface area contributed by atoms with Crippen molar-refractivity contribution >= 4 is 29.0 Å². The molecule has 1 aliphatic heterocycles. The van der Waals surface area contributed by atoms with Gasteiger partial charge in [-0.3, -0.25) is 4.79 Å². The van der Waals surface area contributed by atoms with Gasteiger partial charge in [0.2, 0.25) is 5.91 Å². The smallest absolute Gasteiger partial charge is 0.323 e. The molecule has 8 nitrogen and oxygen atoms in total. The number of nitrogens with one attached hydrogen (secondary N) is 2. The summed E-state index contributed by atoms with van der Waals surface area (Å²) in [6.07, 6.45) is 0.825. The van der Waals surface area contributed by atoms with Gasteiger partial charge in [-0.25, -0.2) is 4.79 Å². The van der Waals surface area contributed by atoms with E-state index in [2.05, 4.69) is 10.6 Å². The molecule has 0 unspecified atom stereocenters. The number of nitrogens with zero attached hydrogens (tertiary/aromatic N) is 1. The van der Waals surface area contributed by atoms with Crippen LogP contribution in [0.2, 0.25) is 0 Å². The van der Waals surface area contributed by atoms with Crippen LogP contribution >= 0.6 is 0 Å². The fraction of sp³-hybridized carbons (Fsp3) is 0.391. The Morgan fingerprint density at radius 2 is 1.94 bits per heavy atom. The lowest BCUT2D eigenvalue weighted by molar-refractivity contribution is -0.127. The molecule has 0 aliphatic carbocycles. The van der Waals surface area contributed by atoms with Crippen molar-refractivity contribution in [1.29, 1.82) is 0 Å². The highest BCUT2D eigenvalue weighted by molar-refractivity contribution is 6.02. The van der Waals surface area contributed by atoms with Crippen molar-refractivity contribution in [3.63, 3.8) is 0 Å². The number of amides is 3. The molecule has 8 heteroatoms. The van der Waals surface area contributed by atoms with Gasteiger partial charge in [-0.2, -0.15) is 0 Å². The maximum absolute atomic E-state index is 12.9. The molecule has 166 valence electrons. The first-order valence-corrected chi connectivity index (χ1v) is 10.2. The van der Waals surface area contributed by atoms with Crippen molar-refractivity contribution in [2.45, 2.75) is 27.2 Å². The predicted molar refractivity (Wildman–Crippen MR) is 121 cm³/mol. The van der Waals surface area contributed by atoms with E-state index in [1.165, 1.54) is 14.2 Å². The molecule has 0 aromatic heterocycles. The van der Waals surface area contributed by atoms with Crippen LogP contribution in [-0.4, -0.2) is 39.3 Å². The normalized spacial score (nSPS) is 14.7. The molecule has 0 spiro atoms. The minimum absolute atomic E-state index is 0.0247. The quantitative estimate of drug-likeness (QED) is 0.708. The van der Waals surface area contributed by atoms with Crippen LogP contribution in [0.25, 0.3) is 0 Å². The fourth-order valence-electron chi connectivity index (χ4n) is 3.44. The van der Waals surface area contributed by atoms with Gasteiger partial charge in [0.05, 0.1) is 31.0 Å². The Hall–Kier alpha value is -3.42. The van der Waals surface area contributed by atoms with Crippen molar-refractivity contribution in [1.82, 2.24) is 0 Å². The lowest BCUT2D eigenvalue weighted by Gasteiger charge is -2.27. The van der Waals surface area contributed by atoms with Crippen LogP contribution < -0.4 is 29.7 Å². The van der Waals surface area contributed by atoms with E-state index in [1.807, 2.05) is 20.8 Å². The van der Waals surface area contributed by atoms with E-state index in [9.17, 15) is 9.59 Å². The van der Waals surface area contributed by atoms with E-state index in [-0.39, 0.29) is 12.5 Å². The molecule has 3 rings (SSSR count). The third-order valence-electron chi connectivity index (χ3n) is 5.02. The first-order valence-electron chi connectivity index (χ1n) is 10.2. The number of fused-ring (bicyclic) bond motifs is 1. The third-order valence-corrected chi connectivity index (χ3v) is 5.02. The molecule has 0 atom stereocenters. The van der Waals surface area contributed by atoms with E-state index >= 15 is 0 Å². The van der Waals surface area contributed by atoms with Crippen LogP contribution in [0.5, 0.6) is 17.2 Å². The molecule has 2 N–H and O–H groups in total. The summed E-state index contributed by atoms with van der Waals surface area (Å²) in [5.41, 5.74) is 1.09. The monoisotopic (exact) mass is 427 g/mol. The van der Waals surface area contributed by atoms with Crippen molar-refractivity contribution in [2.75, 3.05) is 42.9 Å². The van der Waals surface area contributed by atoms with E-state index in [4.69, 9.17) is 14.2 Å². The zero-order valence-corrected chi connectivity index (χ0v) is 18.6. The average molecular weight is 428 g/mol. The highest BCUT2D eigenvalue weighted by atomic mass is 16.5. The molecule has 1 aliphatic rings. The summed E-state index contributed by atoms with van der Waals surface area (Å²) < 4.78 is 16.6. The maximum atomic E-state index is 12.9. The molecule has 2 aromatic carbocycles. The lowest BCUT2D eigenvalue weighted by atomic mass is 9.93. The van der Waals surface area contributed by atoms with E-state index in [0.717, 1.165) is 6.42 Å². The number of carbonyl (C=O) groups is 2. The largest absolute Gasteiger partial charge is 0.493 e. The highest BCUT2D eigenvalue weighted by Crippen LogP contribution is 2.38. The molecule has 0 fully saturated rings. The summed E-state index contributed by atoms with van der Waals surface area (Å²) in [5, 5.41) is 5.56. The van der Waals surface area contributed by atoms with Gasteiger partial charge in [0.25, 0.3) is 0 Å². The van der Waals surface area contributed by atoms with Gasteiger partial charge >= 0.3 is 6.03 Å². The SMILES string of the molecule is CCCN1C(=O)C(C)(C)COc2cc(NC(=O)Nc3cccc(OC)c3OC)ccc21. The number of hydrogen-bond acceptors (Lipinski definition) is 5. The number of urea groups is 1. The van der Waals surface area contributed by atoms with E-state index in [1.54, 1.807) is 41.3 Å². The number of para-hydroxylation sites is 1. The second-order valence-electron chi connectivity index (χ2n) is 7.93. The Bertz CT molecular complexity index is 974. The molecule has 2 aromatic rings. The Labute approximate surface area is 182 Å². The van der Waals surface area contributed by atoms with Crippen LogP contribution in [0.1, 0.15) is 27.2 Å². The second kappa shape index (κ2) is 9.16. The minimum atomic E-state index is -0.637. The topological polar surface area (TPSA) is 89.1 Å². The molecule has 0 saturated carbocycles. The number of ether oxygens (including phenoxy) is 3. The number of methoxy groups -OCH3 is 2. The Kier molecular flexibility index (Phi) is 6.58. The summed E-state index contributed by atoms with van der Waals surface area (Å²) >= 11 is 0. The number of anilines is 3. The van der Waals surface area contributed by atoms with Crippen LogP contribution in [0.3, 0.4) is 0 Å². The summed E-state index contributed by atoms with van der Waals surface area (Å²) in [6, 6.07) is 10.1. The van der Waals surface area contributed by atoms with Gasteiger partial charge in [0.1, 0.15) is 12.4 Å². The summed E-state index contributed by atoms with van der Waals surface area (Å²) in [4.78, 5) is 27.3. The van der Waals surface area contributed by atoms with Gasteiger partial charge in [-0.15, -0.1) is 0 Å². The zero-order valence-electron chi connectivity index (χ0n) is 18.6. The fourth-order valence-corrected chi connectivity index (χ4v) is 3.44. The molecule has 0 bridgehead atoms. The van der Waals surface area contributed by atoms with Gasteiger partial charge in [0, 0.05) is 18.3 Å². The van der Waals surface area contributed by atoms with Gasteiger partial charge in [-0.1, -0.05) is 13.0 Å². The predicted octanol–water partition coefficient (Wildman–Crippen LogP) is 4.51. The second-order valence-corrected chi connectivity index (χ2v) is 7.93. The third kappa shape index (κ3) is 4.68. The van der Waals surface area contributed by atoms with Gasteiger partial charge in [-0.05, 0) is 44.5 Å². The number of carbonyl (C=O) groups excluding carboxylic acids is 2. The maximum Gasteiger partial charge on any atom is 0.323 e. The molecule has 3 amide bonds. The van der Waals surface area contributed by atoms with Crippen LogP contribution in [-0.2, 0) is 4.79 Å². The summed E-state index contributed by atoms with van der Waals surface area (Å²) in [7, 11) is 3.04. The highest BCUT2D eigenvalue weighted by Gasteiger charge is 2.37. The Morgan fingerprint density at radius 3 is 2.61 bits per heavy atom. The first kappa shape index (κ1) is 22.3. The minimum Gasteiger partial charge on any atom is -0.493 e. The number of benzene rings is 2. The van der Waals surface area contributed by atoms with Crippen molar-refractivity contribution in [3.8, 4) is 17.2 Å². The Balaban J connectivity index is 1.81. The van der Waals surface area contributed by atoms with Crippen molar-refractivity contribution in [3.05, 3.63) is 36.4 Å². The molecular formula is C23H29N3O5. The summed E-state index contributed by atoms with van der Waals surface area (Å²) in [6.45, 7) is 6.63. The van der Waals surface area contributed by atoms with Crippen molar-refractivity contribution < 1.29 is 23.8 Å². The van der Waals surface area contributed by atoms with E-state index < -0.39 is 11.4 Å². The molecule has 0 saturated heterocycles. The van der Waals surface area contributed by atoms with Crippen molar-refractivity contribution in [2.24, 2.45) is 5.41 Å². The van der Waals surface area contributed by atoms with Gasteiger partial charge < -0.3 is 29.7 Å². The zero-order chi connectivity index (χ0) is 22.6. The lowest BCUT2D eigenvalue weighted by Crippen LogP contribution is -2.42. The van der Waals surface area contributed by atoms with Crippen LogP contribution in [0.4, 0.5) is 21.9 Å². The average Bonchev–Trinajstić information content (AvgIpc) is 2.83. The van der Waals surface area contributed by atoms with E-state index in [0.29, 0.717) is 40.9 Å². The first-order chi connectivity index (χ1) is 14.8. The standard InChI is InChI=1S/C23H29N3O5/c1-6-12-26-17-11-10-15(13-19(17)31-14-23(2,3)21(26)27)24-22(28)25-16-8-7-9-18(29-4)20(16)30-5/h7-11,13H,6,12,14H2,1-5H3,(H2,24,25,28). The molecular weight excluding hydrogens is 398 g/mol. The number of rotatable bonds is 6. The number of hydrogen-bond donors (Lipinski definition) is 2. The molecule has 1 heterocycles. The Morgan fingerprint density at radius 1 is 1.16 bits per heavy atom. The molecule has 0 radical (unpaired) electrons. The van der Waals surface area contributed by atoms with Gasteiger partial charge in [0.15, 0.2) is 11.5 Å². The van der Waals surface area contributed by atoms with Crippen LogP contribution in [0, 0.1) is 5.41 Å².